The molecule has 0 aliphatic carbocycles. The highest BCUT2D eigenvalue weighted by atomic mass is 16.5. The van der Waals surface area contributed by atoms with Crippen LogP contribution in [0.15, 0.2) is 0 Å². The summed E-state index contributed by atoms with van der Waals surface area (Å²) in [5, 5.41) is 8.41. The van der Waals surface area contributed by atoms with Gasteiger partial charge in [-0.3, -0.25) is 9.59 Å². The normalized spacial score (nSPS) is 15.9. The van der Waals surface area contributed by atoms with Gasteiger partial charge in [-0.05, 0) is 57.1 Å². The molecule has 2 amide bonds. The first kappa shape index (κ1) is 24.0. The SMILES string of the molecule is COc1nn(C)c2nc(C)c(CCC(=O)N3CCC(C(=O)NC(C)C(C)C)CC3)c(C)c12. The number of carbonyl (C=O) groups is 2. The summed E-state index contributed by atoms with van der Waals surface area (Å²) in [6, 6.07) is 0.165. The molecule has 8 heteroatoms. The van der Waals surface area contributed by atoms with Gasteiger partial charge in [-0.25, -0.2) is 9.67 Å². The number of nitrogens with one attached hydrogen (secondary N) is 1. The number of methoxy groups -OCH3 is 1. The van der Waals surface area contributed by atoms with Gasteiger partial charge in [0.25, 0.3) is 0 Å². The van der Waals surface area contributed by atoms with Gasteiger partial charge in [-0.1, -0.05) is 13.8 Å². The van der Waals surface area contributed by atoms with Crippen molar-refractivity contribution in [2.75, 3.05) is 20.2 Å². The second kappa shape index (κ2) is 9.88. The molecule has 1 saturated heterocycles. The lowest BCUT2D eigenvalue weighted by atomic mass is 9.94. The fourth-order valence-electron chi connectivity index (χ4n) is 4.40. The van der Waals surface area contributed by atoms with E-state index in [1.165, 1.54) is 0 Å². The summed E-state index contributed by atoms with van der Waals surface area (Å²) in [5.41, 5.74) is 3.86. The molecule has 1 aliphatic heterocycles. The van der Waals surface area contributed by atoms with Gasteiger partial charge in [0.05, 0.1) is 12.5 Å². The zero-order chi connectivity index (χ0) is 23.6. The van der Waals surface area contributed by atoms with Crippen LogP contribution in [-0.2, 0) is 23.1 Å². The maximum absolute atomic E-state index is 12.9. The lowest BCUT2D eigenvalue weighted by Gasteiger charge is -2.32. The molecule has 2 aromatic heterocycles. The molecule has 1 N–H and O–H groups in total. The predicted octanol–water partition coefficient (Wildman–Crippen LogP) is 2.93. The van der Waals surface area contributed by atoms with Crippen molar-refractivity contribution >= 4 is 22.8 Å². The van der Waals surface area contributed by atoms with Crippen LogP contribution in [0.3, 0.4) is 0 Å². The highest BCUT2D eigenvalue weighted by Crippen LogP contribution is 2.30. The van der Waals surface area contributed by atoms with Crippen LogP contribution >= 0.6 is 0 Å². The minimum absolute atomic E-state index is 0.00519. The third kappa shape index (κ3) is 4.89. The number of aromatic nitrogens is 3. The number of pyridine rings is 1. The number of nitrogens with zero attached hydrogens (tertiary/aromatic N) is 4. The smallest absolute Gasteiger partial charge is 0.242 e. The molecule has 3 heterocycles. The molecule has 0 saturated carbocycles. The maximum atomic E-state index is 12.9. The Balaban J connectivity index is 1.60. The fraction of sp³-hybridized carbons (Fsp3) is 0.667. The van der Waals surface area contributed by atoms with Gasteiger partial charge >= 0.3 is 0 Å². The van der Waals surface area contributed by atoms with Gasteiger partial charge in [-0.15, -0.1) is 5.10 Å². The number of hydrogen-bond donors (Lipinski definition) is 1. The third-order valence-electron chi connectivity index (χ3n) is 6.89. The van der Waals surface area contributed by atoms with Gasteiger partial charge in [0, 0.05) is 44.2 Å². The molecule has 1 fully saturated rings. The van der Waals surface area contributed by atoms with Gasteiger partial charge in [0.1, 0.15) is 0 Å². The lowest BCUT2D eigenvalue weighted by Crippen LogP contribution is -2.45. The Morgan fingerprint density at radius 3 is 2.44 bits per heavy atom. The molecule has 32 heavy (non-hydrogen) atoms. The molecule has 0 bridgehead atoms. The van der Waals surface area contributed by atoms with Gasteiger partial charge in [-0.2, -0.15) is 0 Å². The summed E-state index contributed by atoms with van der Waals surface area (Å²) in [7, 11) is 3.46. The first-order valence-electron chi connectivity index (χ1n) is 11.6. The highest BCUT2D eigenvalue weighted by molar-refractivity contribution is 5.86. The molecule has 0 spiro atoms. The Labute approximate surface area is 190 Å². The molecule has 1 unspecified atom stereocenters. The number of piperidine rings is 1. The molecule has 0 radical (unpaired) electrons. The number of rotatable bonds is 7. The molecule has 3 rings (SSSR count). The van der Waals surface area contributed by atoms with Gasteiger partial charge in [0.15, 0.2) is 5.65 Å². The number of aryl methyl sites for hydroxylation is 3. The Bertz CT molecular complexity index is 989. The van der Waals surface area contributed by atoms with E-state index in [1.807, 2.05) is 32.7 Å². The number of hydrogen-bond acceptors (Lipinski definition) is 5. The van der Waals surface area contributed by atoms with Crippen LogP contribution in [0.4, 0.5) is 0 Å². The van der Waals surface area contributed by atoms with Crippen molar-refractivity contribution < 1.29 is 14.3 Å². The zero-order valence-electron chi connectivity index (χ0n) is 20.5. The minimum Gasteiger partial charge on any atom is -0.479 e. The van der Waals surface area contributed by atoms with Crippen LogP contribution in [0.5, 0.6) is 5.88 Å². The number of fused-ring (bicyclic) bond motifs is 1. The van der Waals surface area contributed by atoms with Crippen molar-refractivity contribution in [2.24, 2.45) is 18.9 Å². The van der Waals surface area contributed by atoms with Crippen molar-refractivity contribution in [3.63, 3.8) is 0 Å². The standard InChI is InChI=1S/C24H37N5O3/c1-14(2)16(4)26-23(31)18-10-12-29(13-11-18)20(30)9-8-19-15(3)21-22(25-17(19)5)28(6)27-24(21)32-7/h14,16,18H,8-13H2,1-7H3,(H,26,31). The van der Waals surface area contributed by atoms with Crippen LogP contribution in [-0.4, -0.2) is 57.7 Å². The van der Waals surface area contributed by atoms with Crippen molar-refractivity contribution in [2.45, 2.75) is 66.3 Å². The second-order valence-electron chi connectivity index (χ2n) is 9.33. The molecular formula is C24H37N5O3. The Kier molecular flexibility index (Phi) is 7.41. The third-order valence-corrected chi connectivity index (χ3v) is 6.89. The number of carbonyl (C=O) groups excluding carboxylic acids is 2. The van der Waals surface area contributed by atoms with E-state index in [-0.39, 0.29) is 23.8 Å². The van der Waals surface area contributed by atoms with Crippen molar-refractivity contribution in [3.8, 4) is 5.88 Å². The molecule has 176 valence electrons. The predicted molar refractivity (Wildman–Crippen MR) is 125 cm³/mol. The number of likely N-dealkylation sites (tertiary alicyclic amines) is 1. The van der Waals surface area contributed by atoms with E-state index in [9.17, 15) is 9.59 Å². The van der Waals surface area contributed by atoms with E-state index in [0.717, 1.165) is 40.7 Å². The fourth-order valence-corrected chi connectivity index (χ4v) is 4.40. The first-order chi connectivity index (χ1) is 15.1. The lowest BCUT2D eigenvalue weighted by molar-refractivity contribution is -0.135. The minimum atomic E-state index is -0.00519. The van der Waals surface area contributed by atoms with E-state index in [2.05, 4.69) is 24.3 Å². The Hall–Kier alpha value is -2.64. The van der Waals surface area contributed by atoms with Crippen molar-refractivity contribution in [3.05, 3.63) is 16.8 Å². The molecule has 1 aliphatic rings. The quantitative estimate of drug-likeness (QED) is 0.711. The summed E-state index contributed by atoms with van der Waals surface area (Å²) < 4.78 is 7.16. The van der Waals surface area contributed by atoms with Crippen LogP contribution < -0.4 is 10.1 Å². The molecule has 2 aromatic rings. The Morgan fingerprint density at radius 2 is 1.84 bits per heavy atom. The summed E-state index contributed by atoms with van der Waals surface area (Å²) >= 11 is 0. The first-order valence-corrected chi connectivity index (χ1v) is 11.6. The maximum Gasteiger partial charge on any atom is 0.242 e. The molecule has 8 nitrogen and oxygen atoms in total. The average molecular weight is 444 g/mol. The topological polar surface area (TPSA) is 89.3 Å². The number of ether oxygens (including phenoxy) is 1. The van der Waals surface area contributed by atoms with Crippen molar-refractivity contribution in [1.82, 2.24) is 25.0 Å². The highest BCUT2D eigenvalue weighted by Gasteiger charge is 2.28. The van der Waals surface area contributed by atoms with E-state index < -0.39 is 0 Å². The monoisotopic (exact) mass is 443 g/mol. The van der Waals surface area contributed by atoms with Crippen LogP contribution in [0.1, 0.15) is 56.9 Å². The Morgan fingerprint density at radius 1 is 1.19 bits per heavy atom. The van der Waals surface area contributed by atoms with Crippen molar-refractivity contribution in [1.29, 1.82) is 0 Å². The van der Waals surface area contributed by atoms with Crippen LogP contribution in [0, 0.1) is 25.7 Å². The molecular weight excluding hydrogens is 406 g/mol. The van der Waals surface area contributed by atoms with Gasteiger partial charge < -0.3 is 15.0 Å². The van der Waals surface area contributed by atoms with E-state index in [0.29, 0.717) is 37.7 Å². The largest absolute Gasteiger partial charge is 0.479 e. The summed E-state index contributed by atoms with van der Waals surface area (Å²) in [4.78, 5) is 32.0. The van der Waals surface area contributed by atoms with Crippen LogP contribution in [0.2, 0.25) is 0 Å². The average Bonchev–Trinajstić information content (AvgIpc) is 3.08. The molecule has 1 atom stereocenters. The van der Waals surface area contributed by atoms with Gasteiger partial charge in [0.2, 0.25) is 17.7 Å². The zero-order valence-corrected chi connectivity index (χ0v) is 20.5. The summed E-state index contributed by atoms with van der Waals surface area (Å²) in [6.45, 7) is 11.5. The molecule has 0 aromatic carbocycles. The van der Waals surface area contributed by atoms with E-state index in [4.69, 9.17) is 9.72 Å². The number of amides is 2. The van der Waals surface area contributed by atoms with Crippen LogP contribution in [0.25, 0.3) is 11.0 Å². The summed E-state index contributed by atoms with van der Waals surface area (Å²) in [6.07, 6.45) is 2.50. The van der Waals surface area contributed by atoms with E-state index >= 15 is 0 Å². The van der Waals surface area contributed by atoms with E-state index in [1.54, 1.807) is 11.8 Å². The summed E-state index contributed by atoms with van der Waals surface area (Å²) in [5.74, 6) is 1.22. The second-order valence-corrected chi connectivity index (χ2v) is 9.33.